The number of carbonyl (C=O) groups is 1. The summed E-state index contributed by atoms with van der Waals surface area (Å²) in [5, 5.41) is 9.19. The van der Waals surface area contributed by atoms with Crippen LogP contribution in [0.2, 0.25) is 0 Å². The van der Waals surface area contributed by atoms with Crippen LogP contribution < -0.4 is 4.90 Å². The van der Waals surface area contributed by atoms with Gasteiger partial charge in [0.15, 0.2) is 0 Å². The van der Waals surface area contributed by atoms with Gasteiger partial charge in [-0.25, -0.2) is 19.2 Å². The molecule has 0 radical (unpaired) electrons. The highest BCUT2D eigenvalue weighted by atomic mass is 19.1. The molecule has 0 N–H and O–H groups in total. The summed E-state index contributed by atoms with van der Waals surface area (Å²) in [5.41, 5.74) is 5.35. The van der Waals surface area contributed by atoms with Crippen molar-refractivity contribution >= 4 is 22.8 Å². The van der Waals surface area contributed by atoms with E-state index in [1.54, 1.807) is 6.07 Å². The normalized spacial score (nSPS) is 18.9. The van der Waals surface area contributed by atoms with E-state index in [2.05, 4.69) is 32.6 Å². The van der Waals surface area contributed by atoms with E-state index < -0.39 is 0 Å². The second-order valence-electron chi connectivity index (χ2n) is 12.0. The summed E-state index contributed by atoms with van der Waals surface area (Å²) in [6.45, 7) is 5.27. The first-order valence-corrected chi connectivity index (χ1v) is 15.3. The highest BCUT2D eigenvalue weighted by Crippen LogP contribution is 2.32. The molecule has 3 aliphatic heterocycles. The summed E-state index contributed by atoms with van der Waals surface area (Å²) in [6, 6.07) is 16.9. The number of pyridine rings is 1. The van der Waals surface area contributed by atoms with Crippen LogP contribution in [0.4, 0.5) is 10.2 Å². The molecule has 4 aromatic rings. The summed E-state index contributed by atoms with van der Waals surface area (Å²) in [7, 11) is 1.40. The van der Waals surface area contributed by atoms with Gasteiger partial charge in [0.25, 0.3) is 0 Å². The topological polar surface area (TPSA) is 96.5 Å². The minimum Gasteiger partial charge on any atom is -0.465 e. The molecule has 0 bridgehead atoms. The quantitative estimate of drug-likeness (QED) is 0.277. The van der Waals surface area contributed by atoms with E-state index in [-0.39, 0.29) is 17.9 Å². The SMILES string of the molecule is COC(=O)c1ccc2nc(CN3CCC(c4cccc(N5CCc6cc(C#N)cc(F)c6C5)n4)CC3)n(C[C@@H]3CCO3)c2c1. The van der Waals surface area contributed by atoms with Crippen LogP contribution in [0.25, 0.3) is 11.0 Å². The second kappa shape index (κ2) is 12.0. The number of nitriles is 1. The molecule has 44 heavy (non-hydrogen) atoms. The van der Waals surface area contributed by atoms with Gasteiger partial charge in [-0.2, -0.15) is 5.26 Å². The molecule has 9 nitrogen and oxygen atoms in total. The summed E-state index contributed by atoms with van der Waals surface area (Å²) < 4.78 is 27.7. The number of fused-ring (bicyclic) bond motifs is 2. The van der Waals surface area contributed by atoms with E-state index >= 15 is 0 Å². The van der Waals surface area contributed by atoms with E-state index in [0.717, 1.165) is 86.0 Å². The number of aromatic nitrogens is 3. The van der Waals surface area contributed by atoms with E-state index in [0.29, 0.717) is 42.1 Å². The van der Waals surface area contributed by atoms with Crippen molar-refractivity contribution in [2.45, 2.75) is 57.3 Å². The number of benzene rings is 2. The number of hydrogen-bond donors (Lipinski definition) is 0. The van der Waals surface area contributed by atoms with Crippen molar-refractivity contribution in [3.63, 3.8) is 0 Å². The Morgan fingerprint density at radius 3 is 2.70 bits per heavy atom. The third-order valence-corrected chi connectivity index (χ3v) is 9.30. The summed E-state index contributed by atoms with van der Waals surface area (Å²) in [6.07, 6.45) is 3.85. The highest BCUT2D eigenvalue weighted by Gasteiger charge is 2.27. The molecule has 0 spiro atoms. The van der Waals surface area contributed by atoms with Crippen LogP contribution in [0.3, 0.4) is 0 Å². The minimum absolute atomic E-state index is 0.164. The Balaban J connectivity index is 1.03. The Labute approximate surface area is 255 Å². The van der Waals surface area contributed by atoms with E-state index in [1.807, 2.05) is 24.3 Å². The zero-order valence-electron chi connectivity index (χ0n) is 24.8. The summed E-state index contributed by atoms with van der Waals surface area (Å²) in [4.78, 5) is 26.8. The third kappa shape index (κ3) is 5.53. The molecule has 2 saturated heterocycles. The Kier molecular flexibility index (Phi) is 7.75. The predicted molar refractivity (Wildman–Crippen MR) is 163 cm³/mol. The number of esters is 1. The Morgan fingerprint density at radius 2 is 1.95 bits per heavy atom. The van der Waals surface area contributed by atoms with Crippen LogP contribution in [0.5, 0.6) is 0 Å². The van der Waals surface area contributed by atoms with Crippen molar-refractivity contribution < 1.29 is 18.7 Å². The second-order valence-corrected chi connectivity index (χ2v) is 12.0. The van der Waals surface area contributed by atoms with Crippen LogP contribution in [0.1, 0.15) is 63.7 Å². The molecule has 0 unspecified atom stereocenters. The van der Waals surface area contributed by atoms with Gasteiger partial charge in [-0.15, -0.1) is 0 Å². The van der Waals surface area contributed by atoms with Gasteiger partial charge >= 0.3 is 5.97 Å². The van der Waals surface area contributed by atoms with Gasteiger partial charge in [-0.3, -0.25) is 4.90 Å². The Hall–Kier alpha value is -4.33. The molecule has 10 heteroatoms. The number of methoxy groups -OCH3 is 1. The number of hydrogen-bond acceptors (Lipinski definition) is 8. The van der Waals surface area contributed by atoms with Crippen LogP contribution in [-0.2, 0) is 35.5 Å². The van der Waals surface area contributed by atoms with Gasteiger partial charge in [-0.05, 0) is 86.8 Å². The maximum absolute atomic E-state index is 14.8. The molecule has 0 saturated carbocycles. The summed E-state index contributed by atoms with van der Waals surface area (Å²) >= 11 is 0. The van der Waals surface area contributed by atoms with Crippen LogP contribution in [0.15, 0.2) is 48.5 Å². The standard InChI is InChI=1S/C34H35FN6O3/c1-43-34(42)25-5-6-30-31(17-25)41(19-26-10-14-44-26)33(38-30)21-39-11-7-23(8-12-39)29-3-2-4-32(37-29)40-13-9-24-15-22(18-36)16-28(35)27(24)20-40/h2-6,15-17,23,26H,7-14,19-21H2,1H3/t26-/m0/s1. The van der Waals surface area contributed by atoms with E-state index in [4.69, 9.17) is 19.4 Å². The number of ether oxygens (including phenoxy) is 2. The number of imidazole rings is 1. The lowest BCUT2D eigenvalue weighted by atomic mass is 9.93. The highest BCUT2D eigenvalue weighted by molar-refractivity contribution is 5.93. The molecular formula is C34H35FN6O3. The van der Waals surface area contributed by atoms with Gasteiger partial charge in [-0.1, -0.05) is 6.07 Å². The summed E-state index contributed by atoms with van der Waals surface area (Å²) in [5.74, 6) is 1.54. The average Bonchev–Trinajstić information content (AvgIpc) is 3.38. The molecule has 2 aromatic carbocycles. The van der Waals surface area contributed by atoms with Gasteiger partial charge in [0.05, 0.1) is 54.5 Å². The Bertz CT molecular complexity index is 1750. The zero-order valence-corrected chi connectivity index (χ0v) is 24.8. The molecule has 3 aliphatic rings. The van der Waals surface area contributed by atoms with Gasteiger partial charge in [0, 0.05) is 36.9 Å². The lowest BCUT2D eigenvalue weighted by Gasteiger charge is -2.33. The van der Waals surface area contributed by atoms with Crippen molar-refractivity contribution in [2.75, 3.05) is 38.3 Å². The fourth-order valence-electron chi connectivity index (χ4n) is 6.68. The largest absolute Gasteiger partial charge is 0.465 e. The minimum atomic E-state index is -0.354. The number of halogens is 1. The van der Waals surface area contributed by atoms with E-state index in [1.165, 1.54) is 13.2 Å². The third-order valence-electron chi connectivity index (χ3n) is 9.30. The van der Waals surface area contributed by atoms with Crippen LogP contribution >= 0.6 is 0 Å². The smallest absolute Gasteiger partial charge is 0.337 e. The number of nitrogens with zero attached hydrogens (tertiary/aromatic N) is 6. The van der Waals surface area contributed by atoms with Gasteiger partial charge < -0.3 is 18.9 Å². The number of anilines is 1. The Morgan fingerprint density at radius 1 is 1.11 bits per heavy atom. The van der Waals surface area contributed by atoms with Gasteiger partial charge in [0.1, 0.15) is 17.5 Å². The molecule has 2 fully saturated rings. The van der Waals surface area contributed by atoms with E-state index in [9.17, 15) is 14.4 Å². The predicted octanol–water partition coefficient (Wildman–Crippen LogP) is 4.96. The number of rotatable bonds is 7. The molecule has 2 aromatic heterocycles. The lowest BCUT2D eigenvalue weighted by molar-refractivity contribution is -0.0592. The molecule has 1 atom stereocenters. The average molecular weight is 595 g/mol. The van der Waals surface area contributed by atoms with Crippen molar-refractivity contribution in [1.29, 1.82) is 5.26 Å². The molecule has 7 rings (SSSR count). The molecular weight excluding hydrogens is 559 g/mol. The fourth-order valence-corrected chi connectivity index (χ4v) is 6.68. The number of carbonyl (C=O) groups excluding carboxylic acids is 1. The lowest BCUT2D eigenvalue weighted by Crippen LogP contribution is -2.35. The monoisotopic (exact) mass is 594 g/mol. The first kappa shape index (κ1) is 28.4. The fraction of sp³-hybridized carbons (Fsp3) is 0.412. The van der Waals surface area contributed by atoms with Crippen LogP contribution in [-0.4, -0.2) is 64.9 Å². The zero-order chi connectivity index (χ0) is 30.2. The van der Waals surface area contributed by atoms with Crippen molar-refractivity contribution in [3.8, 4) is 6.07 Å². The molecule has 226 valence electrons. The number of piperidine rings is 1. The molecule has 0 amide bonds. The number of likely N-dealkylation sites (tertiary alicyclic amines) is 1. The first-order valence-electron chi connectivity index (χ1n) is 15.3. The van der Waals surface area contributed by atoms with Gasteiger partial charge in [0.2, 0.25) is 0 Å². The molecule has 0 aliphatic carbocycles. The van der Waals surface area contributed by atoms with Crippen LogP contribution in [0, 0.1) is 17.1 Å². The maximum Gasteiger partial charge on any atom is 0.337 e. The van der Waals surface area contributed by atoms with Crippen molar-refractivity contribution in [1.82, 2.24) is 19.4 Å². The molecule has 5 heterocycles. The maximum atomic E-state index is 14.8. The van der Waals surface area contributed by atoms with Crippen molar-refractivity contribution in [2.24, 2.45) is 0 Å². The first-order chi connectivity index (χ1) is 21.5. The van der Waals surface area contributed by atoms with Crippen molar-refractivity contribution in [3.05, 3.63) is 88.1 Å².